The van der Waals surface area contributed by atoms with E-state index < -0.39 is 12.0 Å². The van der Waals surface area contributed by atoms with Gasteiger partial charge < -0.3 is 10.4 Å². The number of carbonyl (C=O) groups is 1. The molecule has 0 amide bonds. The Morgan fingerprint density at radius 1 is 1.18 bits per heavy atom. The summed E-state index contributed by atoms with van der Waals surface area (Å²) in [6.07, 6.45) is 4.25. The van der Waals surface area contributed by atoms with Crippen molar-refractivity contribution < 1.29 is 14.3 Å². The molecule has 28 heavy (non-hydrogen) atoms. The summed E-state index contributed by atoms with van der Waals surface area (Å²) in [5.74, 6) is -1.16. The van der Waals surface area contributed by atoms with Gasteiger partial charge in [-0.25, -0.2) is 9.07 Å². The van der Waals surface area contributed by atoms with Gasteiger partial charge in [-0.1, -0.05) is 38.0 Å². The number of aromatic nitrogens is 2. The number of aliphatic carboxylic acids is 1. The molecule has 0 saturated carbocycles. The minimum absolute atomic E-state index is 0.309. The number of benzene rings is 2. The first-order valence-electron chi connectivity index (χ1n) is 9.44. The van der Waals surface area contributed by atoms with Crippen molar-refractivity contribution in [1.29, 1.82) is 0 Å². The molecular formula is C22H24FN3O2. The lowest BCUT2D eigenvalue weighted by molar-refractivity contribution is -0.139. The smallest absolute Gasteiger partial charge is 0.320 e. The zero-order valence-electron chi connectivity index (χ0n) is 15.8. The van der Waals surface area contributed by atoms with Crippen molar-refractivity contribution >= 4 is 5.97 Å². The van der Waals surface area contributed by atoms with Crippen molar-refractivity contribution in [2.24, 2.45) is 0 Å². The van der Waals surface area contributed by atoms with Crippen LogP contribution in [0.1, 0.15) is 31.7 Å². The van der Waals surface area contributed by atoms with Crippen LogP contribution in [0.25, 0.3) is 16.9 Å². The second kappa shape index (κ2) is 9.28. The molecule has 0 aliphatic heterocycles. The number of para-hydroxylation sites is 1. The molecule has 0 radical (unpaired) electrons. The molecule has 3 rings (SSSR count). The summed E-state index contributed by atoms with van der Waals surface area (Å²) in [5.41, 5.74) is 3.25. The first-order valence-corrected chi connectivity index (χ1v) is 9.44. The minimum atomic E-state index is -0.854. The standard InChI is InChI=1S/C22H24FN3O2/c1-2-3-9-20(22(27)28)24-14-17-15-26(19-7-5-4-6-8-19)25-21(17)16-10-12-18(23)13-11-16/h4-8,10-13,15,20,24H,2-3,9,14H2,1H3,(H,27,28). The second-order valence-corrected chi connectivity index (χ2v) is 6.70. The van der Waals surface area contributed by atoms with Crippen LogP contribution in [0.2, 0.25) is 0 Å². The molecule has 0 aliphatic rings. The van der Waals surface area contributed by atoms with Crippen molar-refractivity contribution in [2.45, 2.75) is 38.8 Å². The summed E-state index contributed by atoms with van der Waals surface area (Å²) >= 11 is 0. The summed E-state index contributed by atoms with van der Waals surface area (Å²) in [5, 5.41) is 17.3. The van der Waals surface area contributed by atoms with E-state index in [4.69, 9.17) is 0 Å². The van der Waals surface area contributed by atoms with Gasteiger partial charge in [0.05, 0.1) is 11.4 Å². The van der Waals surface area contributed by atoms with Crippen LogP contribution in [0, 0.1) is 5.82 Å². The van der Waals surface area contributed by atoms with Gasteiger partial charge in [-0.15, -0.1) is 0 Å². The van der Waals surface area contributed by atoms with Gasteiger partial charge in [0, 0.05) is 23.9 Å². The number of hydrogen-bond acceptors (Lipinski definition) is 3. The Morgan fingerprint density at radius 3 is 2.54 bits per heavy atom. The Hall–Kier alpha value is -2.99. The molecule has 146 valence electrons. The van der Waals surface area contributed by atoms with Gasteiger partial charge in [0.2, 0.25) is 0 Å². The quantitative estimate of drug-likeness (QED) is 0.576. The summed E-state index contributed by atoms with van der Waals surface area (Å²) in [4.78, 5) is 11.5. The lowest BCUT2D eigenvalue weighted by Crippen LogP contribution is -2.36. The normalized spacial score (nSPS) is 12.1. The molecule has 1 heterocycles. The Bertz CT molecular complexity index is 907. The SMILES string of the molecule is CCCCC(NCc1cn(-c2ccccc2)nc1-c1ccc(F)cc1)C(=O)O. The van der Waals surface area contributed by atoms with Crippen LogP contribution in [0.4, 0.5) is 4.39 Å². The number of rotatable bonds is 9. The fraction of sp³-hybridized carbons (Fsp3) is 0.273. The second-order valence-electron chi connectivity index (χ2n) is 6.70. The van der Waals surface area contributed by atoms with Crippen molar-refractivity contribution in [3.05, 3.63) is 72.2 Å². The summed E-state index contributed by atoms with van der Waals surface area (Å²) in [6.45, 7) is 2.40. The van der Waals surface area contributed by atoms with E-state index in [1.54, 1.807) is 16.8 Å². The molecule has 2 N–H and O–H groups in total. The topological polar surface area (TPSA) is 67.2 Å². The summed E-state index contributed by atoms with van der Waals surface area (Å²) in [6, 6.07) is 15.2. The molecule has 5 nitrogen and oxygen atoms in total. The highest BCUT2D eigenvalue weighted by molar-refractivity contribution is 5.73. The van der Waals surface area contributed by atoms with Crippen LogP contribution >= 0.6 is 0 Å². The number of nitrogens with zero attached hydrogens (tertiary/aromatic N) is 2. The van der Waals surface area contributed by atoms with Crippen LogP contribution < -0.4 is 5.32 Å². The third kappa shape index (κ3) is 4.84. The highest BCUT2D eigenvalue weighted by atomic mass is 19.1. The number of unbranched alkanes of at least 4 members (excludes halogenated alkanes) is 1. The van der Waals surface area contributed by atoms with E-state index in [-0.39, 0.29) is 5.82 Å². The minimum Gasteiger partial charge on any atom is -0.480 e. The van der Waals surface area contributed by atoms with E-state index in [1.807, 2.05) is 43.5 Å². The molecule has 0 aliphatic carbocycles. The fourth-order valence-electron chi connectivity index (χ4n) is 3.06. The monoisotopic (exact) mass is 381 g/mol. The first-order chi connectivity index (χ1) is 13.6. The van der Waals surface area contributed by atoms with Gasteiger partial charge in [0.15, 0.2) is 0 Å². The molecule has 6 heteroatoms. The Kier molecular flexibility index (Phi) is 6.55. The molecule has 1 unspecified atom stereocenters. The number of carboxylic acid groups (broad SMARTS) is 1. The van der Waals surface area contributed by atoms with E-state index >= 15 is 0 Å². The maximum absolute atomic E-state index is 13.3. The van der Waals surface area contributed by atoms with E-state index in [1.165, 1.54) is 12.1 Å². The van der Waals surface area contributed by atoms with Gasteiger partial charge in [-0.2, -0.15) is 5.10 Å². The summed E-state index contributed by atoms with van der Waals surface area (Å²) in [7, 11) is 0. The predicted molar refractivity (Wildman–Crippen MR) is 107 cm³/mol. The van der Waals surface area contributed by atoms with Crippen molar-refractivity contribution in [2.75, 3.05) is 0 Å². The van der Waals surface area contributed by atoms with Gasteiger partial charge in [-0.3, -0.25) is 4.79 Å². The number of halogens is 1. The molecular weight excluding hydrogens is 357 g/mol. The highest BCUT2D eigenvalue weighted by Crippen LogP contribution is 2.24. The Morgan fingerprint density at radius 2 is 1.89 bits per heavy atom. The van der Waals surface area contributed by atoms with Crippen LogP contribution in [-0.2, 0) is 11.3 Å². The predicted octanol–water partition coefficient (Wildman–Crippen LogP) is 4.41. The molecule has 1 atom stereocenters. The van der Waals surface area contributed by atoms with Gasteiger partial charge in [0.25, 0.3) is 0 Å². The van der Waals surface area contributed by atoms with Gasteiger partial charge >= 0.3 is 5.97 Å². The highest BCUT2D eigenvalue weighted by Gasteiger charge is 2.18. The fourth-order valence-corrected chi connectivity index (χ4v) is 3.06. The lowest BCUT2D eigenvalue weighted by atomic mass is 10.1. The van der Waals surface area contributed by atoms with E-state index in [0.717, 1.165) is 29.7 Å². The third-order valence-electron chi connectivity index (χ3n) is 4.61. The van der Waals surface area contributed by atoms with E-state index in [0.29, 0.717) is 18.7 Å². The van der Waals surface area contributed by atoms with E-state index in [9.17, 15) is 14.3 Å². The molecule has 1 aromatic heterocycles. The third-order valence-corrected chi connectivity index (χ3v) is 4.61. The van der Waals surface area contributed by atoms with Crippen LogP contribution in [-0.4, -0.2) is 26.9 Å². The molecule has 2 aromatic carbocycles. The average molecular weight is 381 g/mol. The molecule has 0 bridgehead atoms. The Labute approximate surface area is 163 Å². The number of nitrogens with one attached hydrogen (secondary N) is 1. The molecule has 0 saturated heterocycles. The van der Waals surface area contributed by atoms with Gasteiger partial charge in [-0.05, 0) is 42.8 Å². The first kappa shape index (κ1) is 19.8. The van der Waals surface area contributed by atoms with Crippen molar-refractivity contribution in [1.82, 2.24) is 15.1 Å². The average Bonchev–Trinajstić information content (AvgIpc) is 3.13. The van der Waals surface area contributed by atoms with Crippen molar-refractivity contribution in [3.8, 4) is 16.9 Å². The number of carboxylic acids is 1. The maximum Gasteiger partial charge on any atom is 0.320 e. The van der Waals surface area contributed by atoms with Crippen LogP contribution in [0.5, 0.6) is 0 Å². The lowest BCUT2D eigenvalue weighted by Gasteiger charge is -2.14. The van der Waals surface area contributed by atoms with E-state index in [2.05, 4.69) is 10.4 Å². The van der Waals surface area contributed by atoms with Crippen LogP contribution in [0.15, 0.2) is 60.8 Å². The number of hydrogen-bond donors (Lipinski definition) is 2. The zero-order valence-corrected chi connectivity index (χ0v) is 15.8. The van der Waals surface area contributed by atoms with Crippen LogP contribution in [0.3, 0.4) is 0 Å². The largest absolute Gasteiger partial charge is 0.480 e. The molecule has 0 spiro atoms. The van der Waals surface area contributed by atoms with Gasteiger partial charge in [0.1, 0.15) is 11.9 Å². The van der Waals surface area contributed by atoms with Crippen molar-refractivity contribution in [3.63, 3.8) is 0 Å². The summed E-state index contributed by atoms with van der Waals surface area (Å²) < 4.78 is 15.1. The molecule has 3 aromatic rings. The molecule has 0 fully saturated rings. The zero-order chi connectivity index (χ0) is 19.9. The maximum atomic E-state index is 13.3. The Balaban J connectivity index is 1.90.